The molecule has 20 heavy (non-hydrogen) atoms. The molecule has 1 aromatic heterocycles. The summed E-state index contributed by atoms with van der Waals surface area (Å²) in [6, 6.07) is 1.64. The molecular formula is C14H20ClN3O2. The van der Waals surface area contributed by atoms with Crippen molar-refractivity contribution in [2.24, 2.45) is 5.92 Å². The predicted octanol–water partition coefficient (Wildman–Crippen LogP) is 2.01. The summed E-state index contributed by atoms with van der Waals surface area (Å²) < 4.78 is 0. The number of carbonyl (C=O) groups is 1. The normalized spacial score (nSPS) is 22.7. The van der Waals surface area contributed by atoms with Crippen LogP contribution >= 0.6 is 11.6 Å². The molecule has 1 fully saturated rings. The van der Waals surface area contributed by atoms with Crippen molar-refractivity contribution in [3.05, 3.63) is 22.8 Å². The summed E-state index contributed by atoms with van der Waals surface area (Å²) in [5.41, 5.74) is 0.486. The maximum absolute atomic E-state index is 12.4. The molecule has 1 aliphatic rings. The first-order valence-electron chi connectivity index (χ1n) is 6.89. The molecule has 0 saturated carbocycles. The number of aliphatic hydroxyl groups is 1. The number of hydrogen-bond donors (Lipinski definition) is 2. The average Bonchev–Trinajstić information content (AvgIpc) is 2.43. The topological polar surface area (TPSA) is 65.5 Å². The molecule has 0 radical (unpaired) electrons. The van der Waals surface area contributed by atoms with Gasteiger partial charge < -0.3 is 15.3 Å². The van der Waals surface area contributed by atoms with Gasteiger partial charge in [-0.05, 0) is 25.3 Å². The molecule has 2 unspecified atom stereocenters. The van der Waals surface area contributed by atoms with E-state index in [4.69, 9.17) is 11.6 Å². The zero-order valence-electron chi connectivity index (χ0n) is 11.8. The molecule has 0 aromatic carbocycles. The zero-order valence-corrected chi connectivity index (χ0v) is 12.5. The number of likely N-dealkylation sites (tertiary alicyclic amines) is 1. The molecule has 1 aromatic rings. The third-order valence-electron chi connectivity index (χ3n) is 3.58. The Morgan fingerprint density at radius 1 is 1.65 bits per heavy atom. The molecule has 6 heteroatoms. The van der Waals surface area contributed by atoms with E-state index >= 15 is 0 Å². The molecule has 2 atom stereocenters. The van der Waals surface area contributed by atoms with Crippen LogP contribution in [0.25, 0.3) is 0 Å². The van der Waals surface area contributed by atoms with Crippen LogP contribution < -0.4 is 5.32 Å². The van der Waals surface area contributed by atoms with Crippen LogP contribution in [0.4, 0.5) is 5.82 Å². The molecular weight excluding hydrogens is 278 g/mol. The number of amides is 1. The SMILES string of the molecule is CCNc1ncc(C(=O)N2CCC(O)C(C)C2)cc1Cl. The van der Waals surface area contributed by atoms with Gasteiger partial charge in [0.2, 0.25) is 0 Å². The summed E-state index contributed by atoms with van der Waals surface area (Å²) in [7, 11) is 0. The number of rotatable bonds is 3. The lowest BCUT2D eigenvalue weighted by molar-refractivity contribution is 0.0297. The first-order chi connectivity index (χ1) is 9.52. The standard InChI is InChI=1S/C14H20ClN3O2/c1-3-16-13-11(15)6-10(7-17-13)14(20)18-5-4-12(19)9(2)8-18/h6-7,9,12,19H,3-5,8H2,1-2H3,(H,16,17). The van der Waals surface area contributed by atoms with Gasteiger partial charge >= 0.3 is 0 Å². The summed E-state index contributed by atoms with van der Waals surface area (Å²) in [6.45, 7) is 5.76. The lowest BCUT2D eigenvalue weighted by atomic mass is 9.96. The van der Waals surface area contributed by atoms with Gasteiger partial charge in [-0.3, -0.25) is 4.79 Å². The second-order valence-corrected chi connectivity index (χ2v) is 5.58. The fraction of sp³-hybridized carbons (Fsp3) is 0.571. The van der Waals surface area contributed by atoms with Gasteiger partial charge in [0.15, 0.2) is 0 Å². The van der Waals surface area contributed by atoms with Crippen molar-refractivity contribution in [2.75, 3.05) is 25.0 Å². The monoisotopic (exact) mass is 297 g/mol. The minimum Gasteiger partial charge on any atom is -0.393 e. The number of hydrogen-bond acceptors (Lipinski definition) is 4. The Hall–Kier alpha value is -1.33. The number of anilines is 1. The zero-order chi connectivity index (χ0) is 14.7. The second-order valence-electron chi connectivity index (χ2n) is 5.17. The van der Waals surface area contributed by atoms with Crippen molar-refractivity contribution in [1.82, 2.24) is 9.88 Å². The number of piperidine rings is 1. The summed E-state index contributed by atoms with van der Waals surface area (Å²) in [6.07, 6.45) is 1.84. The highest BCUT2D eigenvalue weighted by Crippen LogP contribution is 2.23. The molecule has 5 nitrogen and oxygen atoms in total. The molecule has 0 spiro atoms. The van der Waals surface area contributed by atoms with Crippen LogP contribution in [0.1, 0.15) is 30.6 Å². The first kappa shape index (κ1) is 15.1. The lowest BCUT2D eigenvalue weighted by Crippen LogP contribution is -2.45. The Morgan fingerprint density at radius 2 is 2.40 bits per heavy atom. The number of aromatic nitrogens is 1. The van der Waals surface area contributed by atoms with E-state index < -0.39 is 0 Å². The number of nitrogens with one attached hydrogen (secondary N) is 1. The summed E-state index contributed by atoms with van der Waals surface area (Å²) >= 11 is 6.11. The average molecular weight is 298 g/mol. The van der Waals surface area contributed by atoms with Crippen molar-refractivity contribution < 1.29 is 9.90 Å². The predicted molar refractivity (Wildman–Crippen MR) is 79.1 cm³/mol. The Balaban J connectivity index is 2.11. The first-order valence-corrected chi connectivity index (χ1v) is 7.27. The Bertz CT molecular complexity index is 495. The van der Waals surface area contributed by atoms with Crippen LogP contribution in [-0.2, 0) is 0 Å². The third-order valence-corrected chi connectivity index (χ3v) is 3.87. The lowest BCUT2D eigenvalue weighted by Gasteiger charge is -2.34. The largest absolute Gasteiger partial charge is 0.393 e. The molecule has 1 amide bonds. The van der Waals surface area contributed by atoms with Crippen LogP contribution in [0.3, 0.4) is 0 Å². The highest BCUT2D eigenvalue weighted by atomic mass is 35.5. The molecule has 0 bridgehead atoms. The van der Waals surface area contributed by atoms with Gasteiger partial charge in [0.05, 0.1) is 16.7 Å². The van der Waals surface area contributed by atoms with Crippen LogP contribution in [0.15, 0.2) is 12.3 Å². The van der Waals surface area contributed by atoms with E-state index in [1.54, 1.807) is 17.2 Å². The summed E-state index contributed by atoms with van der Waals surface area (Å²) in [4.78, 5) is 18.3. The fourth-order valence-corrected chi connectivity index (χ4v) is 2.59. The summed E-state index contributed by atoms with van der Waals surface area (Å²) in [5.74, 6) is 0.603. The fourth-order valence-electron chi connectivity index (χ4n) is 2.35. The quantitative estimate of drug-likeness (QED) is 0.896. The van der Waals surface area contributed by atoms with Crippen LogP contribution in [-0.4, -0.2) is 46.6 Å². The van der Waals surface area contributed by atoms with E-state index in [-0.39, 0.29) is 17.9 Å². The van der Waals surface area contributed by atoms with Crippen LogP contribution in [0.5, 0.6) is 0 Å². The maximum Gasteiger partial charge on any atom is 0.255 e. The van der Waals surface area contributed by atoms with Crippen LogP contribution in [0, 0.1) is 5.92 Å². The number of halogens is 1. The van der Waals surface area contributed by atoms with Gasteiger partial charge in [-0.25, -0.2) is 4.98 Å². The number of aliphatic hydroxyl groups excluding tert-OH is 1. The van der Waals surface area contributed by atoms with Gasteiger partial charge in [-0.1, -0.05) is 18.5 Å². The highest BCUT2D eigenvalue weighted by molar-refractivity contribution is 6.33. The number of nitrogens with zero attached hydrogens (tertiary/aromatic N) is 2. The van der Waals surface area contributed by atoms with Crippen LogP contribution in [0.2, 0.25) is 5.02 Å². The van der Waals surface area contributed by atoms with Gasteiger partial charge in [0.25, 0.3) is 5.91 Å². The van der Waals surface area contributed by atoms with Gasteiger partial charge in [0, 0.05) is 25.8 Å². The molecule has 110 valence electrons. The third kappa shape index (κ3) is 3.22. The van der Waals surface area contributed by atoms with E-state index in [2.05, 4.69) is 10.3 Å². The smallest absolute Gasteiger partial charge is 0.255 e. The van der Waals surface area contributed by atoms with Crippen molar-refractivity contribution >= 4 is 23.3 Å². The highest BCUT2D eigenvalue weighted by Gasteiger charge is 2.28. The minimum absolute atomic E-state index is 0.0822. The van der Waals surface area contributed by atoms with E-state index in [1.807, 2.05) is 13.8 Å². The van der Waals surface area contributed by atoms with Gasteiger partial charge in [-0.2, -0.15) is 0 Å². The molecule has 2 heterocycles. The number of carbonyl (C=O) groups excluding carboxylic acids is 1. The number of pyridine rings is 1. The summed E-state index contributed by atoms with van der Waals surface area (Å²) in [5, 5.41) is 13.2. The Morgan fingerprint density at radius 3 is 3.00 bits per heavy atom. The van der Waals surface area contributed by atoms with Crippen molar-refractivity contribution in [1.29, 1.82) is 0 Å². The second kappa shape index (κ2) is 6.41. The maximum atomic E-state index is 12.4. The van der Waals surface area contributed by atoms with E-state index in [9.17, 15) is 9.90 Å². The molecule has 0 aliphatic carbocycles. The Kier molecular flexibility index (Phi) is 4.83. The van der Waals surface area contributed by atoms with E-state index in [0.29, 0.717) is 35.9 Å². The Labute approximate surface area is 123 Å². The van der Waals surface area contributed by atoms with Crippen molar-refractivity contribution in [3.63, 3.8) is 0 Å². The molecule has 1 saturated heterocycles. The van der Waals surface area contributed by atoms with Gasteiger partial charge in [-0.15, -0.1) is 0 Å². The molecule has 2 N–H and O–H groups in total. The minimum atomic E-state index is -0.322. The van der Waals surface area contributed by atoms with Gasteiger partial charge in [0.1, 0.15) is 5.82 Å². The van der Waals surface area contributed by atoms with E-state index in [1.165, 1.54) is 0 Å². The van der Waals surface area contributed by atoms with Crippen molar-refractivity contribution in [3.8, 4) is 0 Å². The molecule has 1 aliphatic heterocycles. The van der Waals surface area contributed by atoms with Crippen molar-refractivity contribution in [2.45, 2.75) is 26.4 Å². The molecule has 2 rings (SSSR count). The van der Waals surface area contributed by atoms with E-state index in [0.717, 1.165) is 6.54 Å².